The minimum Gasteiger partial charge on any atom is -0.472 e. The van der Waals surface area contributed by atoms with Gasteiger partial charge >= 0.3 is 0 Å². The second-order valence-electron chi connectivity index (χ2n) is 4.28. The molecule has 5 nitrogen and oxygen atoms in total. The first-order valence-corrected chi connectivity index (χ1v) is 5.83. The number of rotatable bonds is 4. The van der Waals surface area contributed by atoms with Crippen LogP contribution in [0.5, 0.6) is 0 Å². The molecule has 1 aliphatic heterocycles. The molecule has 1 aromatic heterocycles. The number of carbonyl (C=O) groups is 1. The van der Waals surface area contributed by atoms with Crippen LogP contribution in [0.1, 0.15) is 12.0 Å². The zero-order chi connectivity index (χ0) is 12.1. The first-order valence-electron chi connectivity index (χ1n) is 5.83. The van der Waals surface area contributed by atoms with E-state index in [0.717, 1.165) is 18.7 Å². The third kappa shape index (κ3) is 3.57. The molecule has 1 saturated heterocycles. The highest BCUT2D eigenvalue weighted by Gasteiger charge is 2.19. The maximum absolute atomic E-state index is 11.9. The Morgan fingerprint density at radius 3 is 3.18 bits per heavy atom. The van der Waals surface area contributed by atoms with Crippen LogP contribution in [-0.2, 0) is 16.1 Å². The molecule has 1 aromatic rings. The predicted molar refractivity (Wildman–Crippen MR) is 62.4 cm³/mol. The number of nitrogens with zero attached hydrogens (tertiary/aromatic N) is 1. The van der Waals surface area contributed by atoms with Crippen LogP contribution in [0, 0.1) is 0 Å². The third-order valence-electron chi connectivity index (χ3n) is 2.83. The lowest BCUT2D eigenvalue weighted by molar-refractivity contribution is -0.133. The van der Waals surface area contributed by atoms with Gasteiger partial charge < -0.3 is 19.4 Å². The molecule has 5 heteroatoms. The molecule has 1 N–H and O–H groups in total. The normalized spacial score (nSPS) is 20.2. The Balaban J connectivity index is 1.78. The van der Waals surface area contributed by atoms with Crippen molar-refractivity contribution in [2.45, 2.75) is 19.1 Å². The second-order valence-corrected chi connectivity index (χ2v) is 4.28. The Labute approximate surface area is 101 Å². The van der Waals surface area contributed by atoms with E-state index in [1.54, 1.807) is 24.5 Å². The van der Waals surface area contributed by atoms with Crippen molar-refractivity contribution in [1.82, 2.24) is 10.2 Å². The number of amides is 1. The summed E-state index contributed by atoms with van der Waals surface area (Å²) in [6.07, 6.45) is 3.70. The predicted octanol–water partition coefficient (Wildman–Crippen LogP) is 0.617. The summed E-state index contributed by atoms with van der Waals surface area (Å²) in [6.45, 7) is 2.89. The van der Waals surface area contributed by atoms with E-state index in [-0.39, 0.29) is 12.0 Å². The topological polar surface area (TPSA) is 54.7 Å². The molecule has 17 heavy (non-hydrogen) atoms. The SMILES string of the molecule is CN(Cc1ccoc1)C(=O)CC1CNCCO1. The summed E-state index contributed by atoms with van der Waals surface area (Å²) in [5, 5.41) is 3.21. The van der Waals surface area contributed by atoms with Gasteiger partial charge in [0, 0.05) is 32.2 Å². The average Bonchev–Trinajstić information content (AvgIpc) is 2.83. The first-order chi connectivity index (χ1) is 8.25. The van der Waals surface area contributed by atoms with E-state index in [0.29, 0.717) is 19.6 Å². The number of nitrogens with one attached hydrogen (secondary N) is 1. The standard InChI is InChI=1S/C12H18N2O3/c1-14(8-10-2-4-16-9-10)12(15)6-11-7-13-3-5-17-11/h2,4,9,11,13H,3,5-8H2,1H3. The Kier molecular flexibility index (Phi) is 4.17. The van der Waals surface area contributed by atoms with E-state index in [9.17, 15) is 4.79 Å². The molecule has 0 radical (unpaired) electrons. The number of hydrogen-bond acceptors (Lipinski definition) is 4. The van der Waals surface area contributed by atoms with Crippen LogP contribution in [0.15, 0.2) is 23.0 Å². The van der Waals surface area contributed by atoms with E-state index in [1.165, 1.54) is 0 Å². The molecule has 1 amide bonds. The minimum atomic E-state index is 0.00282. The highest BCUT2D eigenvalue weighted by Crippen LogP contribution is 2.08. The summed E-state index contributed by atoms with van der Waals surface area (Å²) in [4.78, 5) is 13.6. The molecular weight excluding hydrogens is 220 g/mol. The van der Waals surface area contributed by atoms with Gasteiger partial charge in [0.25, 0.3) is 0 Å². The van der Waals surface area contributed by atoms with Gasteiger partial charge in [-0.25, -0.2) is 0 Å². The zero-order valence-corrected chi connectivity index (χ0v) is 10.0. The molecule has 1 fully saturated rings. The van der Waals surface area contributed by atoms with Gasteiger partial charge in [-0.05, 0) is 6.07 Å². The van der Waals surface area contributed by atoms with E-state index < -0.39 is 0 Å². The lowest BCUT2D eigenvalue weighted by Gasteiger charge is -2.25. The van der Waals surface area contributed by atoms with Crippen LogP contribution in [0.2, 0.25) is 0 Å². The third-order valence-corrected chi connectivity index (χ3v) is 2.83. The number of morpholine rings is 1. The summed E-state index contributed by atoms with van der Waals surface area (Å²) in [6, 6.07) is 1.86. The van der Waals surface area contributed by atoms with Crippen molar-refractivity contribution in [3.63, 3.8) is 0 Å². The van der Waals surface area contributed by atoms with Crippen molar-refractivity contribution in [3.05, 3.63) is 24.2 Å². The summed E-state index contributed by atoms with van der Waals surface area (Å²) in [5.41, 5.74) is 1.00. The van der Waals surface area contributed by atoms with Gasteiger partial charge in [0.05, 0.1) is 31.7 Å². The van der Waals surface area contributed by atoms with Crippen LogP contribution in [-0.4, -0.2) is 43.7 Å². The molecule has 0 bridgehead atoms. The van der Waals surface area contributed by atoms with Crippen LogP contribution in [0.25, 0.3) is 0 Å². The highest BCUT2D eigenvalue weighted by atomic mass is 16.5. The lowest BCUT2D eigenvalue weighted by atomic mass is 10.2. The van der Waals surface area contributed by atoms with Gasteiger partial charge in [0.1, 0.15) is 0 Å². The van der Waals surface area contributed by atoms with Crippen LogP contribution >= 0.6 is 0 Å². The van der Waals surface area contributed by atoms with Crippen molar-refractivity contribution in [2.75, 3.05) is 26.7 Å². The van der Waals surface area contributed by atoms with Crippen LogP contribution in [0.3, 0.4) is 0 Å². The Morgan fingerprint density at radius 2 is 2.53 bits per heavy atom. The number of carbonyl (C=O) groups excluding carboxylic acids is 1. The summed E-state index contributed by atoms with van der Waals surface area (Å²) in [5.74, 6) is 0.0971. The van der Waals surface area contributed by atoms with Crippen LogP contribution < -0.4 is 5.32 Å². The highest BCUT2D eigenvalue weighted by molar-refractivity contribution is 5.76. The first kappa shape index (κ1) is 12.1. The Morgan fingerprint density at radius 1 is 1.65 bits per heavy atom. The Bertz CT molecular complexity index is 345. The molecule has 94 valence electrons. The van der Waals surface area contributed by atoms with E-state index >= 15 is 0 Å². The van der Waals surface area contributed by atoms with Crippen molar-refractivity contribution >= 4 is 5.91 Å². The zero-order valence-electron chi connectivity index (χ0n) is 10.0. The summed E-state index contributed by atoms with van der Waals surface area (Å²) in [7, 11) is 1.80. The molecule has 2 rings (SSSR count). The van der Waals surface area contributed by atoms with Crippen molar-refractivity contribution in [3.8, 4) is 0 Å². The van der Waals surface area contributed by atoms with Gasteiger partial charge in [-0.15, -0.1) is 0 Å². The van der Waals surface area contributed by atoms with Crippen molar-refractivity contribution in [2.24, 2.45) is 0 Å². The van der Waals surface area contributed by atoms with Gasteiger partial charge in [0.15, 0.2) is 0 Å². The molecule has 1 unspecified atom stereocenters. The maximum Gasteiger partial charge on any atom is 0.225 e. The van der Waals surface area contributed by atoms with Crippen molar-refractivity contribution in [1.29, 1.82) is 0 Å². The molecule has 0 aromatic carbocycles. The van der Waals surface area contributed by atoms with Crippen molar-refractivity contribution < 1.29 is 13.9 Å². The van der Waals surface area contributed by atoms with Crippen LogP contribution in [0.4, 0.5) is 0 Å². The molecule has 1 atom stereocenters. The molecule has 0 aliphatic carbocycles. The fourth-order valence-electron chi connectivity index (χ4n) is 1.85. The fourth-order valence-corrected chi connectivity index (χ4v) is 1.85. The maximum atomic E-state index is 11.9. The minimum absolute atomic E-state index is 0.00282. The number of hydrogen-bond donors (Lipinski definition) is 1. The van der Waals surface area contributed by atoms with E-state index in [4.69, 9.17) is 9.15 Å². The molecular formula is C12H18N2O3. The average molecular weight is 238 g/mol. The molecule has 1 aliphatic rings. The molecule has 0 spiro atoms. The molecule has 2 heterocycles. The number of furan rings is 1. The van der Waals surface area contributed by atoms with Gasteiger partial charge in [-0.3, -0.25) is 4.79 Å². The van der Waals surface area contributed by atoms with Gasteiger partial charge in [-0.1, -0.05) is 0 Å². The molecule has 0 saturated carbocycles. The monoisotopic (exact) mass is 238 g/mol. The van der Waals surface area contributed by atoms with Gasteiger partial charge in [-0.2, -0.15) is 0 Å². The summed E-state index contributed by atoms with van der Waals surface area (Å²) >= 11 is 0. The lowest BCUT2D eigenvalue weighted by Crippen LogP contribution is -2.41. The quantitative estimate of drug-likeness (QED) is 0.835. The summed E-state index contributed by atoms with van der Waals surface area (Å²) < 4.78 is 10.5. The number of ether oxygens (including phenoxy) is 1. The largest absolute Gasteiger partial charge is 0.472 e. The fraction of sp³-hybridized carbons (Fsp3) is 0.583. The van der Waals surface area contributed by atoms with E-state index in [1.807, 2.05) is 6.07 Å². The van der Waals surface area contributed by atoms with Gasteiger partial charge in [0.2, 0.25) is 5.91 Å². The Hall–Kier alpha value is -1.33. The second kappa shape index (κ2) is 5.84. The smallest absolute Gasteiger partial charge is 0.225 e. The van der Waals surface area contributed by atoms with E-state index in [2.05, 4.69) is 5.32 Å².